The van der Waals surface area contributed by atoms with E-state index in [1.54, 1.807) is 0 Å². The summed E-state index contributed by atoms with van der Waals surface area (Å²) in [5.74, 6) is -0.0303. The maximum Gasteiger partial charge on any atom is 0.305 e. The van der Waals surface area contributed by atoms with Crippen LogP contribution in [0.2, 0.25) is 0 Å². The van der Waals surface area contributed by atoms with Crippen molar-refractivity contribution in [2.24, 2.45) is 0 Å². The van der Waals surface area contributed by atoms with Crippen LogP contribution in [0.4, 0.5) is 0 Å². The lowest BCUT2D eigenvalue weighted by Crippen LogP contribution is -2.45. The number of carbonyl (C=O) groups excluding carboxylic acids is 2. The van der Waals surface area contributed by atoms with Gasteiger partial charge in [-0.3, -0.25) is 9.59 Å². The highest BCUT2D eigenvalue weighted by molar-refractivity contribution is 5.76. The number of hydrogen-bond acceptors (Lipinski definition) is 5. The Labute approximate surface area is 362 Å². The molecule has 58 heavy (non-hydrogen) atoms. The maximum absolute atomic E-state index is 12.4. The van der Waals surface area contributed by atoms with Gasteiger partial charge >= 0.3 is 5.97 Å². The Morgan fingerprint density at radius 3 is 1.05 bits per heavy atom. The van der Waals surface area contributed by atoms with Gasteiger partial charge in [0, 0.05) is 12.8 Å². The van der Waals surface area contributed by atoms with E-state index in [1.807, 2.05) is 0 Å². The molecule has 0 rings (SSSR count). The summed E-state index contributed by atoms with van der Waals surface area (Å²) in [4.78, 5) is 24.4. The van der Waals surface area contributed by atoms with E-state index in [1.165, 1.54) is 225 Å². The lowest BCUT2D eigenvalue weighted by Gasteiger charge is -2.22. The number of nitrogens with one attached hydrogen (secondary N) is 1. The zero-order chi connectivity index (χ0) is 42.3. The summed E-state index contributed by atoms with van der Waals surface area (Å²) in [5, 5.41) is 23.1. The van der Waals surface area contributed by atoms with E-state index in [9.17, 15) is 19.8 Å². The fourth-order valence-electron chi connectivity index (χ4n) is 8.35. The van der Waals surface area contributed by atoms with Crippen molar-refractivity contribution in [2.45, 2.75) is 309 Å². The summed E-state index contributed by atoms with van der Waals surface area (Å²) in [6, 6.07) is -0.541. The Hall–Kier alpha value is -1.14. The monoisotopic (exact) mass is 822 g/mol. The molecule has 2 atom stereocenters. The second-order valence-electron chi connectivity index (χ2n) is 18.2. The van der Waals surface area contributed by atoms with E-state index in [2.05, 4.69) is 19.2 Å². The van der Waals surface area contributed by atoms with Gasteiger partial charge in [-0.2, -0.15) is 0 Å². The molecular weight excluding hydrogens is 719 g/mol. The van der Waals surface area contributed by atoms with E-state index >= 15 is 0 Å². The van der Waals surface area contributed by atoms with Gasteiger partial charge in [0.2, 0.25) is 5.91 Å². The second-order valence-corrected chi connectivity index (χ2v) is 18.2. The summed E-state index contributed by atoms with van der Waals surface area (Å²) in [7, 11) is 0. The van der Waals surface area contributed by atoms with Crippen LogP contribution < -0.4 is 5.32 Å². The van der Waals surface area contributed by atoms with Crippen LogP contribution in [0.15, 0.2) is 0 Å². The molecule has 0 aliphatic heterocycles. The Bertz CT molecular complexity index is 822. The van der Waals surface area contributed by atoms with E-state index in [4.69, 9.17) is 4.74 Å². The van der Waals surface area contributed by atoms with Crippen molar-refractivity contribution in [1.29, 1.82) is 0 Å². The first-order valence-electron chi connectivity index (χ1n) is 26.3. The standard InChI is InChI=1S/C52H103NO5/c1-3-5-7-9-11-13-15-22-26-30-34-38-42-46-52(57)58-47-43-39-35-31-27-24-21-19-17-16-18-20-23-25-29-33-37-41-45-51(56)53-49(48-54)50(55)44-40-36-32-28-14-12-10-8-6-4-2/h49-50,54-55H,3-48H2,1-2H3,(H,53,56). The molecule has 0 saturated carbocycles. The third-order valence-corrected chi connectivity index (χ3v) is 12.4. The largest absolute Gasteiger partial charge is 0.466 e. The molecule has 0 aromatic heterocycles. The van der Waals surface area contributed by atoms with Crippen molar-refractivity contribution in [3.63, 3.8) is 0 Å². The molecule has 6 nitrogen and oxygen atoms in total. The van der Waals surface area contributed by atoms with E-state index in [0.29, 0.717) is 25.9 Å². The van der Waals surface area contributed by atoms with Crippen molar-refractivity contribution in [3.8, 4) is 0 Å². The van der Waals surface area contributed by atoms with Gasteiger partial charge in [-0.05, 0) is 25.7 Å². The zero-order valence-electron chi connectivity index (χ0n) is 39.3. The van der Waals surface area contributed by atoms with Crippen molar-refractivity contribution < 1.29 is 24.5 Å². The zero-order valence-corrected chi connectivity index (χ0v) is 39.3. The molecular formula is C52H103NO5. The highest BCUT2D eigenvalue weighted by Gasteiger charge is 2.20. The van der Waals surface area contributed by atoms with Crippen LogP contribution in [-0.4, -0.2) is 47.4 Å². The number of aliphatic hydroxyl groups excluding tert-OH is 2. The molecule has 0 spiro atoms. The van der Waals surface area contributed by atoms with Gasteiger partial charge in [-0.25, -0.2) is 0 Å². The number of esters is 1. The topological polar surface area (TPSA) is 95.9 Å². The summed E-state index contributed by atoms with van der Waals surface area (Å²) in [6.07, 6.45) is 53.7. The first-order valence-corrected chi connectivity index (χ1v) is 26.3. The molecule has 0 heterocycles. The van der Waals surface area contributed by atoms with Gasteiger partial charge in [0.1, 0.15) is 0 Å². The Morgan fingerprint density at radius 1 is 0.414 bits per heavy atom. The van der Waals surface area contributed by atoms with Crippen LogP contribution in [0.5, 0.6) is 0 Å². The Balaban J connectivity index is 3.37. The first kappa shape index (κ1) is 56.9. The van der Waals surface area contributed by atoms with Crippen molar-refractivity contribution in [2.75, 3.05) is 13.2 Å². The van der Waals surface area contributed by atoms with Crippen LogP contribution in [0.1, 0.15) is 296 Å². The fourth-order valence-corrected chi connectivity index (χ4v) is 8.35. The van der Waals surface area contributed by atoms with E-state index < -0.39 is 12.1 Å². The summed E-state index contributed by atoms with van der Waals surface area (Å²) in [6.45, 7) is 4.94. The number of amides is 1. The minimum atomic E-state index is -0.663. The molecule has 0 saturated heterocycles. The maximum atomic E-state index is 12.4. The SMILES string of the molecule is CCCCCCCCCCCCCCCC(=O)OCCCCCCCCCCCCCCCCCCCCC(=O)NC(CO)C(O)CCCCCCCCCCCC. The second kappa shape index (κ2) is 48.5. The molecule has 3 N–H and O–H groups in total. The van der Waals surface area contributed by atoms with E-state index in [-0.39, 0.29) is 18.5 Å². The third kappa shape index (κ3) is 44.4. The normalized spacial score (nSPS) is 12.6. The lowest BCUT2D eigenvalue weighted by atomic mass is 10.0. The van der Waals surface area contributed by atoms with Gasteiger partial charge in [0.05, 0.1) is 25.4 Å². The fraction of sp³-hybridized carbons (Fsp3) is 0.962. The predicted molar refractivity (Wildman–Crippen MR) is 250 cm³/mol. The molecule has 0 aromatic rings. The molecule has 2 unspecified atom stereocenters. The molecule has 0 aromatic carbocycles. The van der Waals surface area contributed by atoms with Gasteiger partial charge in [0.15, 0.2) is 0 Å². The van der Waals surface area contributed by atoms with Crippen LogP contribution in [0, 0.1) is 0 Å². The van der Waals surface area contributed by atoms with Crippen molar-refractivity contribution in [3.05, 3.63) is 0 Å². The number of hydrogen-bond donors (Lipinski definition) is 3. The number of ether oxygens (including phenoxy) is 1. The average Bonchev–Trinajstić information content (AvgIpc) is 3.22. The number of rotatable bonds is 49. The molecule has 0 bridgehead atoms. The summed E-state index contributed by atoms with van der Waals surface area (Å²) >= 11 is 0. The van der Waals surface area contributed by atoms with Crippen LogP contribution in [0.3, 0.4) is 0 Å². The number of carbonyl (C=O) groups is 2. The molecule has 0 fully saturated rings. The van der Waals surface area contributed by atoms with Crippen LogP contribution in [0.25, 0.3) is 0 Å². The van der Waals surface area contributed by atoms with Crippen LogP contribution in [-0.2, 0) is 14.3 Å². The molecule has 0 aliphatic rings. The van der Waals surface area contributed by atoms with E-state index in [0.717, 1.165) is 38.5 Å². The lowest BCUT2D eigenvalue weighted by molar-refractivity contribution is -0.143. The molecule has 0 aliphatic carbocycles. The quantitative estimate of drug-likeness (QED) is 0.0420. The summed E-state index contributed by atoms with van der Waals surface area (Å²) < 4.78 is 5.47. The average molecular weight is 822 g/mol. The number of unbranched alkanes of at least 4 members (excludes halogenated alkanes) is 38. The molecule has 1 amide bonds. The third-order valence-electron chi connectivity index (χ3n) is 12.4. The van der Waals surface area contributed by atoms with Crippen LogP contribution >= 0.6 is 0 Å². The van der Waals surface area contributed by atoms with Crippen molar-refractivity contribution in [1.82, 2.24) is 5.32 Å². The van der Waals surface area contributed by atoms with Gasteiger partial charge in [0.25, 0.3) is 0 Å². The summed E-state index contributed by atoms with van der Waals surface area (Å²) in [5.41, 5.74) is 0. The minimum Gasteiger partial charge on any atom is -0.466 e. The molecule has 346 valence electrons. The first-order chi connectivity index (χ1) is 28.5. The molecule has 0 radical (unpaired) electrons. The smallest absolute Gasteiger partial charge is 0.305 e. The van der Waals surface area contributed by atoms with Crippen molar-refractivity contribution >= 4 is 11.9 Å². The Kier molecular flexibility index (Phi) is 47.6. The van der Waals surface area contributed by atoms with Gasteiger partial charge in [-0.15, -0.1) is 0 Å². The predicted octanol–water partition coefficient (Wildman–Crippen LogP) is 15.6. The highest BCUT2D eigenvalue weighted by Crippen LogP contribution is 2.17. The Morgan fingerprint density at radius 2 is 0.707 bits per heavy atom. The minimum absolute atomic E-state index is 0.00915. The molecule has 6 heteroatoms. The number of aliphatic hydroxyl groups is 2. The van der Waals surface area contributed by atoms with Gasteiger partial charge < -0.3 is 20.3 Å². The van der Waals surface area contributed by atoms with Gasteiger partial charge in [-0.1, -0.05) is 258 Å². The highest BCUT2D eigenvalue weighted by atomic mass is 16.5.